The minimum Gasteiger partial charge on any atom is -0.270 e. The zero-order chi connectivity index (χ0) is 7.56. The van der Waals surface area contributed by atoms with E-state index in [-0.39, 0.29) is 0 Å². The lowest BCUT2D eigenvalue weighted by Gasteiger charge is -2.07. The van der Waals surface area contributed by atoms with E-state index in [2.05, 4.69) is 18.9 Å². The molecule has 0 fully saturated rings. The Hall–Kier alpha value is -0.790. The first kappa shape index (κ1) is 7.32. The highest BCUT2D eigenvalue weighted by Gasteiger charge is 2.00. The van der Waals surface area contributed by atoms with Crippen LogP contribution in [0, 0.1) is 6.92 Å². The summed E-state index contributed by atoms with van der Waals surface area (Å²) in [5, 5.41) is 4.30. The van der Waals surface area contributed by atoms with Crippen LogP contribution in [0.1, 0.15) is 32.0 Å². The van der Waals surface area contributed by atoms with Gasteiger partial charge in [-0.1, -0.05) is 6.92 Å². The van der Waals surface area contributed by atoms with Crippen LogP contribution in [0.2, 0.25) is 0 Å². The zero-order valence-corrected chi connectivity index (χ0v) is 6.83. The highest BCUT2D eigenvalue weighted by molar-refractivity contribution is 4.95. The van der Waals surface area contributed by atoms with Gasteiger partial charge in [-0.2, -0.15) is 5.10 Å². The predicted octanol–water partition coefficient (Wildman–Crippen LogP) is 2.16. The van der Waals surface area contributed by atoms with Crippen molar-refractivity contribution >= 4 is 0 Å². The normalized spacial score (nSPS) is 13.5. The van der Waals surface area contributed by atoms with Crippen LogP contribution in [0.4, 0.5) is 0 Å². The second-order valence-electron chi connectivity index (χ2n) is 2.69. The van der Waals surface area contributed by atoms with Crippen molar-refractivity contribution in [2.75, 3.05) is 0 Å². The van der Waals surface area contributed by atoms with Crippen molar-refractivity contribution in [1.82, 2.24) is 9.78 Å². The Bertz CT molecular complexity index is 203. The molecule has 1 aromatic heterocycles. The van der Waals surface area contributed by atoms with Crippen molar-refractivity contribution in [1.29, 1.82) is 0 Å². The number of rotatable bonds is 2. The fourth-order valence-corrected chi connectivity index (χ4v) is 0.866. The van der Waals surface area contributed by atoms with E-state index >= 15 is 0 Å². The van der Waals surface area contributed by atoms with Crippen LogP contribution in [-0.2, 0) is 0 Å². The van der Waals surface area contributed by atoms with Crippen molar-refractivity contribution in [2.24, 2.45) is 0 Å². The van der Waals surface area contributed by atoms with E-state index in [4.69, 9.17) is 0 Å². The number of nitrogens with zero attached hydrogens (tertiary/aromatic N) is 2. The summed E-state index contributed by atoms with van der Waals surface area (Å²) in [6.45, 7) is 6.35. The van der Waals surface area contributed by atoms with Crippen LogP contribution < -0.4 is 0 Å². The molecule has 1 rings (SSSR count). The Labute approximate surface area is 61.9 Å². The summed E-state index contributed by atoms with van der Waals surface area (Å²) in [6.07, 6.45) is 3.17. The Kier molecular flexibility index (Phi) is 2.10. The van der Waals surface area contributed by atoms with E-state index in [1.807, 2.05) is 23.9 Å². The third kappa shape index (κ3) is 1.38. The molecular weight excluding hydrogens is 124 g/mol. The molecule has 1 heterocycles. The summed E-state index contributed by atoms with van der Waals surface area (Å²) in [6, 6.07) is 2.57. The lowest BCUT2D eigenvalue weighted by molar-refractivity contribution is 0.475. The fourth-order valence-electron chi connectivity index (χ4n) is 0.866. The predicted molar refractivity (Wildman–Crippen MR) is 42.0 cm³/mol. The van der Waals surface area contributed by atoms with Crippen LogP contribution in [0.15, 0.2) is 12.3 Å². The van der Waals surface area contributed by atoms with Crippen molar-refractivity contribution in [3.05, 3.63) is 18.0 Å². The smallest absolute Gasteiger partial charge is 0.0593 e. The molecule has 2 nitrogen and oxygen atoms in total. The van der Waals surface area contributed by atoms with Gasteiger partial charge in [0.05, 0.1) is 5.69 Å². The van der Waals surface area contributed by atoms with Gasteiger partial charge in [-0.15, -0.1) is 0 Å². The van der Waals surface area contributed by atoms with Crippen LogP contribution in [0.3, 0.4) is 0 Å². The van der Waals surface area contributed by atoms with Gasteiger partial charge >= 0.3 is 0 Å². The van der Waals surface area contributed by atoms with Crippen molar-refractivity contribution < 1.29 is 0 Å². The van der Waals surface area contributed by atoms with Gasteiger partial charge in [0.15, 0.2) is 0 Å². The highest BCUT2D eigenvalue weighted by atomic mass is 15.3. The molecule has 0 saturated carbocycles. The molecule has 0 radical (unpaired) electrons. The maximum atomic E-state index is 4.30. The van der Waals surface area contributed by atoms with Crippen molar-refractivity contribution in [2.45, 2.75) is 33.2 Å². The third-order valence-electron chi connectivity index (χ3n) is 1.78. The molecule has 0 aliphatic rings. The van der Waals surface area contributed by atoms with Gasteiger partial charge in [0, 0.05) is 12.2 Å². The zero-order valence-electron chi connectivity index (χ0n) is 6.83. The summed E-state index contributed by atoms with van der Waals surface area (Å²) < 4.78 is 2.01. The summed E-state index contributed by atoms with van der Waals surface area (Å²) in [5.74, 6) is 0. The second-order valence-corrected chi connectivity index (χ2v) is 2.69. The minimum absolute atomic E-state index is 0.536. The van der Waals surface area contributed by atoms with Gasteiger partial charge in [0.1, 0.15) is 0 Å². The molecular formula is C8H14N2. The maximum Gasteiger partial charge on any atom is 0.0593 e. The van der Waals surface area contributed by atoms with Crippen LogP contribution >= 0.6 is 0 Å². The van der Waals surface area contributed by atoms with Gasteiger partial charge in [-0.3, -0.25) is 4.68 Å². The van der Waals surface area contributed by atoms with E-state index in [1.165, 1.54) is 0 Å². The van der Waals surface area contributed by atoms with Crippen LogP contribution in [-0.4, -0.2) is 9.78 Å². The minimum atomic E-state index is 0.536. The number of hydrogen-bond acceptors (Lipinski definition) is 1. The summed E-state index contributed by atoms with van der Waals surface area (Å²) in [5.41, 5.74) is 1.10. The number of aromatic nitrogens is 2. The summed E-state index contributed by atoms with van der Waals surface area (Å²) >= 11 is 0. The molecule has 0 N–H and O–H groups in total. The molecule has 0 spiro atoms. The van der Waals surface area contributed by atoms with E-state index in [0.717, 1.165) is 12.1 Å². The molecule has 2 heteroatoms. The van der Waals surface area contributed by atoms with Gasteiger partial charge in [-0.05, 0) is 26.3 Å². The third-order valence-corrected chi connectivity index (χ3v) is 1.78. The van der Waals surface area contributed by atoms with Gasteiger partial charge in [0.25, 0.3) is 0 Å². The first-order valence-electron chi connectivity index (χ1n) is 3.75. The average molecular weight is 138 g/mol. The molecule has 1 atom stereocenters. The van der Waals surface area contributed by atoms with Gasteiger partial charge in [-0.25, -0.2) is 0 Å². The first-order valence-corrected chi connectivity index (χ1v) is 3.75. The number of hydrogen-bond donors (Lipinski definition) is 0. The second kappa shape index (κ2) is 2.86. The lowest BCUT2D eigenvalue weighted by Crippen LogP contribution is -2.03. The lowest BCUT2D eigenvalue weighted by atomic mass is 10.3. The van der Waals surface area contributed by atoms with Gasteiger partial charge in [0.2, 0.25) is 0 Å². The van der Waals surface area contributed by atoms with E-state index in [9.17, 15) is 0 Å². The van der Waals surface area contributed by atoms with E-state index < -0.39 is 0 Å². The SMILES string of the molecule is CC[C@@H](C)n1ccc(C)n1. The Balaban J connectivity index is 2.74. The average Bonchev–Trinajstić information content (AvgIpc) is 2.34. The van der Waals surface area contributed by atoms with Crippen LogP contribution in [0.5, 0.6) is 0 Å². The van der Waals surface area contributed by atoms with Crippen molar-refractivity contribution in [3.63, 3.8) is 0 Å². The molecule has 1 aromatic rings. The van der Waals surface area contributed by atoms with Gasteiger partial charge < -0.3 is 0 Å². The van der Waals surface area contributed by atoms with Crippen LogP contribution in [0.25, 0.3) is 0 Å². The van der Waals surface area contributed by atoms with E-state index in [0.29, 0.717) is 6.04 Å². The highest BCUT2D eigenvalue weighted by Crippen LogP contribution is 2.07. The Morgan fingerprint density at radius 3 is 2.80 bits per heavy atom. The molecule has 0 bridgehead atoms. The maximum absolute atomic E-state index is 4.30. The molecule has 10 heavy (non-hydrogen) atoms. The van der Waals surface area contributed by atoms with Crippen molar-refractivity contribution in [3.8, 4) is 0 Å². The molecule has 0 aliphatic heterocycles. The first-order chi connectivity index (χ1) is 4.74. The molecule has 0 saturated heterocycles. The largest absolute Gasteiger partial charge is 0.270 e. The Morgan fingerprint density at radius 2 is 2.40 bits per heavy atom. The molecule has 0 unspecified atom stereocenters. The summed E-state index contributed by atoms with van der Waals surface area (Å²) in [4.78, 5) is 0. The standard InChI is InChI=1S/C8H14N2/c1-4-8(3)10-6-5-7(2)9-10/h5-6,8H,4H2,1-3H3/t8-/m1/s1. The molecule has 0 aromatic carbocycles. The Morgan fingerprint density at radius 1 is 1.70 bits per heavy atom. The fraction of sp³-hybridized carbons (Fsp3) is 0.625. The van der Waals surface area contributed by atoms with E-state index in [1.54, 1.807) is 0 Å². The number of aryl methyl sites for hydroxylation is 1. The quantitative estimate of drug-likeness (QED) is 0.612. The molecule has 0 amide bonds. The molecule has 56 valence electrons. The summed E-state index contributed by atoms with van der Waals surface area (Å²) in [7, 11) is 0. The molecule has 0 aliphatic carbocycles. The monoisotopic (exact) mass is 138 g/mol. The topological polar surface area (TPSA) is 17.8 Å².